The van der Waals surface area contributed by atoms with Crippen molar-refractivity contribution in [1.82, 2.24) is 14.5 Å². The Morgan fingerprint density at radius 3 is 2.47 bits per heavy atom. The van der Waals surface area contributed by atoms with Crippen LogP contribution >= 0.6 is 24.8 Å². The molecular weight excluding hydrogens is 487 g/mol. The molecular formula is C30H34Cl2N4. The minimum absolute atomic E-state index is 0. The molecule has 0 radical (unpaired) electrons. The minimum Gasteiger partial charge on any atom is -0.337 e. The van der Waals surface area contributed by atoms with Crippen molar-refractivity contribution in [3.05, 3.63) is 90.0 Å². The zero-order chi connectivity index (χ0) is 23.3. The smallest absolute Gasteiger partial charge is 0.0998 e. The summed E-state index contributed by atoms with van der Waals surface area (Å²) in [6.07, 6.45) is 10.6. The molecule has 0 unspecified atom stereocenters. The second-order valence-electron chi connectivity index (χ2n) is 9.69. The molecule has 0 spiro atoms. The van der Waals surface area contributed by atoms with Gasteiger partial charge in [0, 0.05) is 38.4 Å². The molecule has 4 aromatic rings. The van der Waals surface area contributed by atoms with Crippen molar-refractivity contribution in [3.8, 4) is 17.2 Å². The van der Waals surface area contributed by atoms with Crippen LogP contribution in [0.1, 0.15) is 48.9 Å². The zero-order valence-corrected chi connectivity index (χ0v) is 22.4. The molecule has 5 rings (SSSR count). The fourth-order valence-electron chi connectivity index (χ4n) is 5.41. The number of aromatic nitrogens is 2. The first kappa shape index (κ1) is 27.7. The van der Waals surface area contributed by atoms with Gasteiger partial charge in [-0.25, -0.2) is 4.98 Å². The summed E-state index contributed by atoms with van der Waals surface area (Å²) in [7, 11) is 2.07. The number of imidazole rings is 1. The largest absolute Gasteiger partial charge is 0.337 e. The molecule has 1 fully saturated rings. The lowest BCUT2D eigenvalue weighted by Gasteiger charge is -2.30. The first-order valence-electron chi connectivity index (χ1n) is 12.4. The fraction of sp³-hybridized carbons (Fsp3) is 0.333. The van der Waals surface area contributed by atoms with E-state index in [0.29, 0.717) is 0 Å². The highest BCUT2D eigenvalue weighted by molar-refractivity contribution is 5.97. The first-order chi connectivity index (χ1) is 16.7. The van der Waals surface area contributed by atoms with E-state index in [9.17, 15) is 5.26 Å². The van der Waals surface area contributed by atoms with Gasteiger partial charge < -0.3 is 4.57 Å². The Morgan fingerprint density at radius 2 is 1.72 bits per heavy atom. The van der Waals surface area contributed by atoms with Crippen molar-refractivity contribution in [2.75, 3.05) is 6.54 Å². The molecule has 4 nitrogen and oxygen atoms in total. The number of benzene rings is 3. The second kappa shape index (κ2) is 12.9. The maximum atomic E-state index is 9.87. The number of halogens is 2. The fourth-order valence-corrected chi connectivity index (χ4v) is 5.41. The summed E-state index contributed by atoms with van der Waals surface area (Å²) in [5, 5.41) is 12.3. The van der Waals surface area contributed by atoms with E-state index in [-0.39, 0.29) is 24.8 Å². The summed E-state index contributed by atoms with van der Waals surface area (Å²) in [5.41, 5.74) is 5.36. The highest BCUT2D eigenvalue weighted by Crippen LogP contribution is 2.32. The zero-order valence-electron chi connectivity index (χ0n) is 20.8. The molecule has 0 N–H and O–H groups in total. The lowest BCUT2D eigenvalue weighted by atomic mass is 9.88. The molecule has 1 heterocycles. The molecule has 188 valence electrons. The molecule has 0 atom stereocenters. The van der Waals surface area contributed by atoms with Gasteiger partial charge in [0.05, 0.1) is 23.7 Å². The van der Waals surface area contributed by atoms with Crippen molar-refractivity contribution in [3.63, 3.8) is 0 Å². The van der Waals surface area contributed by atoms with Crippen LogP contribution in [0.4, 0.5) is 0 Å². The lowest BCUT2D eigenvalue weighted by molar-refractivity contribution is 0.184. The van der Waals surface area contributed by atoms with E-state index in [4.69, 9.17) is 0 Å². The highest BCUT2D eigenvalue weighted by Gasteiger charge is 2.19. The second-order valence-corrected chi connectivity index (χ2v) is 9.69. The predicted octanol–water partition coefficient (Wildman–Crippen LogP) is 7.54. The van der Waals surface area contributed by atoms with Crippen molar-refractivity contribution >= 4 is 35.6 Å². The predicted molar refractivity (Wildman–Crippen MR) is 152 cm³/mol. The van der Waals surface area contributed by atoms with Crippen molar-refractivity contribution in [1.29, 1.82) is 5.26 Å². The Bertz CT molecular complexity index is 1310. The van der Waals surface area contributed by atoms with Gasteiger partial charge in [0.1, 0.15) is 0 Å². The van der Waals surface area contributed by atoms with Crippen LogP contribution in [0.2, 0.25) is 0 Å². The monoisotopic (exact) mass is 520 g/mol. The first-order valence-corrected chi connectivity index (χ1v) is 12.4. The minimum atomic E-state index is 0. The summed E-state index contributed by atoms with van der Waals surface area (Å²) in [5.74, 6) is 0.762. The SMILES string of the molecule is Cl.Cl.Cn1cncc1CN(Cc1ccc(C#N)c(-c2cccc3ccccc23)c1)CC1CCCCC1. The van der Waals surface area contributed by atoms with E-state index < -0.39 is 0 Å². The molecule has 0 aliphatic heterocycles. The number of rotatable bonds is 7. The van der Waals surface area contributed by atoms with Gasteiger partial charge in [0.15, 0.2) is 0 Å². The molecule has 1 aliphatic carbocycles. The van der Waals surface area contributed by atoms with E-state index >= 15 is 0 Å². The Kier molecular flexibility index (Phi) is 9.96. The average molecular weight is 522 g/mol. The molecule has 36 heavy (non-hydrogen) atoms. The van der Waals surface area contributed by atoms with Gasteiger partial charge in [-0.1, -0.05) is 67.8 Å². The van der Waals surface area contributed by atoms with Crippen LogP contribution in [0.5, 0.6) is 0 Å². The standard InChI is InChI=1S/C30H32N4.2ClH/c1-33-22-32-18-27(33)21-34(19-23-8-3-2-4-9-23)20-24-14-15-26(17-31)30(16-24)29-13-7-11-25-10-5-6-12-28(25)29;;/h5-7,10-16,18,22-23H,2-4,8-9,19-21H2,1H3;2*1H. The molecule has 0 bridgehead atoms. The van der Waals surface area contributed by atoms with E-state index in [1.54, 1.807) is 0 Å². The third kappa shape index (κ3) is 6.28. The molecule has 0 amide bonds. The third-order valence-electron chi connectivity index (χ3n) is 7.23. The Morgan fingerprint density at radius 1 is 0.944 bits per heavy atom. The van der Waals surface area contributed by atoms with E-state index in [1.165, 1.54) is 54.1 Å². The van der Waals surface area contributed by atoms with Crippen LogP contribution in [0.25, 0.3) is 21.9 Å². The number of hydrogen-bond acceptors (Lipinski definition) is 3. The van der Waals surface area contributed by atoms with Gasteiger partial charge in [-0.15, -0.1) is 24.8 Å². The molecule has 1 aliphatic rings. The summed E-state index contributed by atoms with van der Waals surface area (Å²) in [6, 6.07) is 23.6. The van der Waals surface area contributed by atoms with Crippen LogP contribution in [-0.4, -0.2) is 21.0 Å². The normalized spacial score (nSPS) is 13.7. The van der Waals surface area contributed by atoms with E-state index in [0.717, 1.165) is 42.2 Å². The number of nitriles is 1. The molecule has 0 saturated heterocycles. The summed E-state index contributed by atoms with van der Waals surface area (Å²) < 4.78 is 2.12. The van der Waals surface area contributed by atoms with Gasteiger partial charge in [0.25, 0.3) is 0 Å². The molecule has 1 aromatic heterocycles. The average Bonchev–Trinajstić information content (AvgIpc) is 3.28. The van der Waals surface area contributed by atoms with Gasteiger partial charge in [0.2, 0.25) is 0 Å². The van der Waals surface area contributed by atoms with Crippen LogP contribution in [0.3, 0.4) is 0 Å². The topological polar surface area (TPSA) is 44.9 Å². The number of nitrogens with zero attached hydrogens (tertiary/aromatic N) is 4. The number of fused-ring (bicyclic) bond motifs is 1. The molecule has 1 saturated carbocycles. The molecule has 3 aromatic carbocycles. The van der Waals surface area contributed by atoms with Crippen LogP contribution < -0.4 is 0 Å². The van der Waals surface area contributed by atoms with Crippen molar-refractivity contribution < 1.29 is 0 Å². The van der Waals surface area contributed by atoms with Crippen LogP contribution in [0.15, 0.2) is 73.2 Å². The van der Waals surface area contributed by atoms with E-state index in [1.807, 2.05) is 18.6 Å². The third-order valence-corrected chi connectivity index (χ3v) is 7.23. The summed E-state index contributed by atoms with van der Waals surface area (Å²) >= 11 is 0. The maximum Gasteiger partial charge on any atom is 0.0998 e. The van der Waals surface area contributed by atoms with Crippen LogP contribution in [0, 0.1) is 17.2 Å². The number of hydrogen-bond donors (Lipinski definition) is 0. The lowest BCUT2D eigenvalue weighted by Crippen LogP contribution is -2.30. The van der Waals surface area contributed by atoms with Gasteiger partial charge in [-0.2, -0.15) is 5.26 Å². The maximum absolute atomic E-state index is 9.87. The number of aryl methyl sites for hydroxylation is 1. The van der Waals surface area contributed by atoms with Gasteiger partial charge >= 0.3 is 0 Å². The van der Waals surface area contributed by atoms with Crippen LogP contribution in [-0.2, 0) is 20.1 Å². The molecule has 6 heteroatoms. The van der Waals surface area contributed by atoms with Crippen molar-refractivity contribution in [2.24, 2.45) is 13.0 Å². The Balaban J connectivity index is 0.00000180. The van der Waals surface area contributed by atoms with Crippen molar-refractivity contribution in [2.45, 2.75) is 45.2 Å². The van der Waals surface area contributed by atoms with Gasteiger partial charge in [-0.05, 0) is 52.8 Å². The highest BCUT2D eigenvalue weighted by atomic mass is 35.5. The quantitative estimate of drug-likeness (QED) is 0.252. The Hall–Kier alpha value is -2.84. The van der Waals surface area contributed by atoms with E-state index in [2.05, 4.69) is 82.2 Å². The van der Waals surface area contributed by atoms with Gasteiger partial charge in [-0.3, -0.25) is 4.90 Å². The summed E-state index contributed by atoms with van der Waals surface area (Å²) in [4.78, 5) is 6.90. The summed E-state index contributed by atoms with van der Waals surface area (Å²) in [6.45, 7) is 2.86. The Labute approximate surface area is 226 Å².